The van der Waals surface area contributed by atoms with Gasteiger partial charge in [-0.05, 0) is 57.4 Å². The van der Waals surface area contributed by atoms with Crippen molar-refractivity contribution >= 4 is 21.6 Å². The fourth-order valence-electron chi connectivity index (χ4n) is 3.27. The molecule has 9 heteroatoms. The lowest BCUT2D eigenvalue weighted by molar-refractivity contribution is -0.148. The molecule has 0 radical (unpaired) electrons. The number of carbonyl (C=O) groups excluding carboxylic acids is 2. The number of nitrogens with zero attached hydrogens (tertiary/aromatic N) is 2. The summed E-state index contributed by atoms with van der Waals surface area (Å²) in [4.78, 5) is 25.3. The van der Waals surface area contributed by atoms with Gasteiger partial charge in [0.2, 0.25) is 5.88 Å². The molecular formula is C20H26N2O6S. The van der Waals surface area contributed by atoms with Gasteiger partial charge in [-0.1, -0.05) is 0 Å². The SMILES string of the molecule is CCn1ncc(C(=O)c2cc(C)c(S(C)(=O)=O)c(C)c2C)c1OC(C)C(=O)OC. The van der Waals surface area contributed by atoms with E-state index in [1.807, 2.05) is 6.92 Å². The summed E-state index contributed by atoms with van der Waals surface area (Å²) in [5.41, 5.74) is 2.14. The molecule has 8 nitrogen and oxygen atoms in total. The Morgan fingerprint density at radius 2 is 1.79 bits per heavy atom. The minimum Gasteiger partial charge on any atom is -0.466 e. The summed E-state index contributed by atoms with van der Waals surface area (Å²) < 4.78 is 36.1. The molecule has 29 heavy (non-hydrogen) atoms. The standard InChI is InChI=1S/C20H26N2O6S/c1-8-22-19(28-14(5)20(24)27-6)16(10-21-22)17(23)15-9-11(2)18(29(7,25)26)13(4)12(15)3/h9-10,14H,8H2,1-7H3. The van der Waals surface area contributed by atoms with Crippen molar-refractivity contribution in [3.05, 3.63) is 40.1 Å². The highest BCUT2D eigenvalue weighted by Crippen LogP contribution is 2.30. The number of carbonyl (C=O) groups is 2. The molecule has 0 saturated carbocycles. The van der Waals surface area contributed by atoms with Crippen LogP contribution in [-0.4, -0.2) is 49.4 Å². The molecule has 2 aromatic rings. The number of aryl methyl sites for hydroxylation is 2. The zero-order chi connectivity index (χ0) is 22.1. The lowest BCUT2D eigenvalue weighted by Crippen LogP contribution is -2.27. The maximum Gasteiger partial charge on any atom is 0.346 e. The second-order valence-corrected chi connectivity index (χ2v) is 8.84. The fourth-order valence-corrected chi connectivity index (χ4v) is 4.62. The van der Waals surface area contributed by atoms with Crippen LogP contribution in [0.15, 0.2) is 17.2 Å². The van der Waals surface area contributed by atoms with E-state index in [1.54, 1.807) is 26.8 Å². The Morgan fingerprint density at radius 1 is 1.17 bits per heavy atom. The fraction of sp³-hybridized carbons (Fsp3) is 0.450. The van der Waals surface area contributed by atoms with Crippen molar-refractivity contribution in [3.63, 3.8) is 0 Å². The molecule has 0 fully saturated rings. The van der Waals surface area contributed by atoms with E-state index >= 15 is 0 Å². The van der Waals surface area contributed by atoms with Gasteiger partial charge in [0.15, 0.2) is 21.7 Å². The van der Waals surface area contributed by atoms with Crippen molar-refractivity contribution in [2.24, 2.45) is 0 Å². The quantitative estimate of drug-likeness (QED) is 0.498. The summed E-state index contributed by atoms with van der Waals surface area (Å²) in [7, 11) is -2.18. The third-order valence-electron chi connectivity index (χ3n) is 4.80. The molecule has 1 aromatic heterocycles. The van der Waals surface area contributed by atoms with Crippen LogP contribution in [0.1, 0.15) is 46.5 Å². The molecule has 0 saturated heterocycles. The zero-order valence-corrected chi connectivity index (χ0v) is 18.5. The predicted octanol–water partition coefficient (Wildman–Crippen LogP) is 2.40. The summed E-state index contributed by atoms with van der Waals surface area (Å²) in [6, 6.07) is 1.57. The topological polar surface area (TPSA) is 105 Å². The molecule has 0 aliphatic heterocycles. The molecule has 0 spiro atoms. The van der Waals surface area contributed by atoms with E-state index in [0.717, 1.165) is 6.26 Å². The third-order valence-corrected chi connectivity index (χ3v) is 6.17. The smallest absolute Gasteiger partial charge is 0.346 e. The normalized spacial score (nSPS) is 12.5. The first-order chi connectivity index (χ1) is 13.4. The number of aromatic nitrogens is 2. The number of ketones is 1. The van der Waals surface area contributed by atoms with Crippen LogP contribution in [0.5, 0.6) is 5.88 Å². The van der Waals surface area contributed by atoms with E-state index in [1.165, 1.54) is 24.9 Å². The van der Waals surface area contributed by atoms with Gasteiger partial charge in [-0.3, -0.25) is 4.79 Å². The van der Waals surface area contributed by atoms with E-state index in [9.17, 15) is 18.0 Å². The second-order valence-electron chi connectivity index (χ2n) is 6.88. The molecule has 1 aromatic carbocycles. The van der Waals surface area contributed by atoms with Crippen LogP contribution in [0.2, 0.25) is 0 Å². The Bertz CT molecular complexity index is 1070. The van der Waals surface area contributed by atoms with Gasteiger partial charge in [0.05, 0.1) is 18.2 Å². The summed E-state index contributed by atoms with van der Waals surface area (Å²) in [6.07, 6.45) is 1.61. The van der Waals surface area contributed by atoms with Gasteiger partial charge in [0, 0.05) is 18.4 Å². The Balaban J connectivity index is 2.59. The molecule has 0 aliphatic rings. The van der Waals surface area contributed by atoms with Gasteiger partial charge < -0.3 is 9.47 Å². The van der Waals surface area contributed by atoms with Gasteiger partial charge in [-0.2, -0.15) is 5.10 Å². The molecule has 0 amide bonds. The summed E-state index contributed by atoms with van der Waals surface area (Å²) >= 11 is 0. The summed E-state index contributed by atoms with van der Waals surface area (Å²) in [5, 5.41) is 4.17. The van der Waals surface area contributed by atoms with E-state index in [4.69, 9.17) is 4.74 Å². The van der Waals surface area contributed by atoms with Crippen molar-refractivity contribution in [1.29, 1.82) is 0 Å². The molecule has 1 atom stereocenters. The minimum atomic E-state index is -3.43. The number of rotatable bonds is 7. The van der Waals surface area contributed by atoms with Gasteiger partial charge in [-0.15, -0.1) is 0 Å². The van der Waals surface area contributed by atoms with E-state index in [0.29, 0.717) is 28.8 Å². The molecule has 1 heterocycles. The Labute approximate surface area is 170 Å². The second kappa shape index (κ2) is 8.36. The average Bonchev–Trinajstić information content (AvgIpc) is 3.04. The minimum absolute atomic E-state index is 0.164. The first kappa shape index (κ1) is 22.6. The number of sulfone groups is 1. The number of benzene rings is 1. The van der Waals surface area contributed by atoms with E-state index in [2.05, 4.69) is 9.84 Å². The van der Waals surface area contributed by atoms with Crippen LogP contribution in [0.25, 0.3) is 0 Å². The van der Waals surface area contributed by atoms with E-state index in [-0.39, 0.29) is 22.1 Å². The average molecular weight is 423 g/mol. The first-order valence-corrected chi connectivity index (χ1v) is 11.0. The molecule has 0 bridgehead atoms. The summed E-state index contributed by atoms with van der Waals surface area (Å²) in [6.45, 7) is 8.83. The first-order valence-electron chi connectivity index (χ1n) is 9.09. The lowest BCUT2D eigenvalue weighted by atomic mass is 9.95. The molecule has 0 aliphatic carbocycles. The van der Waals surface area contributed by atoms with Gasteiger partial charge in [-0.25, -0.2) is 17.9 Å². The number of ether oxygens (including phenoxy) is 2. The number of methoxy groups -OCH3 is 1. The Morgan fingerprint density at radius 3 is 2.31 bits per heavy atom. The lowest BCUT2D eigenvalue weighted by Gasteiger charge is -2.17. The maximum absolute atomic E-state index is 13.3. The van der Waals surface area contributed by atoms with Crippen LogP contribution in [0.3, 0.4) is 0 Å². The van der Waals surface area contributed by atoms with Crippen molar-refractivity contribution in [2.75, 3.05) is 13.4 Å². The number of hydrogen-bond acceptors (Lipinski definition) is 7. The maximum atomic E-state index is 13.3. The van der Waals surface area contributed by atoms with Gasteiger partial charge in [0.1, 0.15) is 5.56 Å². The van der Waals surface area contributed by atoms with Crippen LogP contribution >= 0.6 is 0 Å². The molecular weight excluding hydrogens is 396 g/mol. The van der Waals surface area contributed by atoms with Gasteiger partial charge >= 0.3 is 5.97 Å². The van der Waals surface area contributed by atoms with Crippen LogP contribution in [0.4, 0.5) is 0 Å². The monoisotopic (exact) mass is 422 g/mol. The summed E-state index contributed by atoms with van der Waals surface area (Å²) in [5.74, 6) is -0.773. The predicted molar refractivity (Wildman–Crippen MR) is 107 cm³/mol. The van der Waals surface area contributed by atoms with Gasteiger partial charge in [0.25, 0.3) is 0 Å². The number of esters is 1. The highest BCUT2D eigenvalue weighted by atomic mass is 32.2. The van der Waals surface area contributed by atoms with Crippen molar-refractivity contribution < 1.29 is 27.5 Å². The van der Waals surface area contributed by atoms with Crippen molar-refractivity contribution in [2.45, 2.75) is 52.2 Å². The van der Waals surface area contributed by atoms with Crippen LogP contribution in [0, 0.1) is 20.8 Å². The van der Waals surface area contributed by atoms with Crippen LogP contribution < -0.4 is 4.74 Å². The molecule has 158 valence electrons. The molecule has 2 rings (SSSR count). The number of hydrogen-bond donors (Lipinski definition) is 0. The third kappa shape index (κ3) is 4.34. The van der Waals surface area contributed by atoms with Crippen LogP contribution in [-0.2, 0) is 25.9 Å². The van der Waals surface area contributed by atoms with E-state index < -0.39 is 21.9 Å². The Hall–Kier alpha value is -2.68. The van der Waals surface area contributed by atoms with Crippen molar-refractivity contribution in [3.8, 4) is 5.88 Å². The highest BCUT2D eigenvalue weighted by molar-refractivity contribution is 7.90. The van der Waals surface area contributed by atoms with Crippen molar-refractivity contribution in [1.82, 2.24) is 9.78 Å². The zero-order valence-electron chi connectivity index (χ0n) is 17.7. The molecule has 1 unspecified atom stereocenters. The highest BCUT2D eigenvalue weighted by Gasteiger charge is 2.27. The molecule has 0 N–H and O–H groups in total. The Kier molecular flexibility index (Phi) is 6.52. The largest absolute Gasteiger partial charge is 0.466 e.